The predicted octanol–water partition coefficient (Wildman–Crippen LogP) is 6.60. The molecule has 0 spiro atoms. The van der Waals surface area contributed by atoms with E-state index < -0.39 is 30.7 Å². The first-order valence-corrected chi connectivity index (χ1v) is 14.0. The molecule has 2 heterocycles. The second-order valence-electron chi connectivity index (χ2n) is 8.92. The van der Waals surface area contributed by atoms with Crippen molar-refractivity contribution in [2.24, 2.45) is 0 Å². The molecule has 0 saturated carbocycles. The van der Waals surface area contributed by atoms with Gasteiger partial charge in [-0.25, -0.2) is 8.78 Å². The van der Waals surface area contributed by atoms with E-state index >= 15 is 0 Å². The highest BCUT2D eigenvalue weighted by Crippen LogP contribution is 2.43. The van der Waals surface area contributed by atoms with E-state index in [0.717, 1.165) is 21.4 Å². The Kier molecular flexibility index (Phi) is 9.28. The van der Waals surface area contributed by atoms with Crippen molar-refractivity contribution in [3.05, 3.63) is 46.2 Å². The third kappa shape index (κ3) is 7.22. The van der Waals surface area contributed by atoms with Crippen LogP contribution in [0, 0.1) is 0 Å². The molecule has 218 valence electrons. The smallest absolute Gasteiger partial charge is 0.303 e. The highest BCUT2D eigenvalue weighted by molar-refractivity contribution is 7.21. The average Bonchev–Trinajstić information content (AvgIpc) is 3.55. The number of methoxy groups -OCH3 is 2. The fourth-order valence-electron chi connectivity index (χ4n) is 3.99. The van der Waals surface area contributed by atoms with Crippen molar-refractivity contribution >= 4 is 60.6 Å². The Hall–Kier alpha value is -3.97. The molecule has 0 saturated heterocycles. The summed E-state index contributed by atoms with van der Waals surface area (Å²) in [5.74, 6) is -4.32. The Bertz CT molecular complexity index is 1590. The van der Waals surface area contributed by atoms with E-state index in [4.69, 9.17) is 29.2 Å². The van der Waals surface area contributed by atoms with Gasteiger partial charge in [0, 0.05) is 34.4 Å². The Balaban J connectivity index is 1.44. The molecule has 0 unspecified atom stereocenters. The van der Waals surface area contributed by atoms with E-state index in [2.05, 4.69) is 0 Å². The van der Waals surface area contributed by atoms with E-state index in [1.807, 2.05) is 0 Å². The molecule has 2 aromatic carbocycles. The number of ether oxygens (including phenoxy) is 4. The first-order chi connectivity index (χ1) is 19.5. The summed E-state index contributed by atoms with van der Waals surface area (Å²) in [5, 5.41) is 18.9. The first-order valence-electron chi connectivity index (χ1n) is 12.3. The average molecular weight is 609 g/mol. The van der Waals surface area contributed by atoms with E-state index in [9.17, 15) is 23.2 Å². The molecule has 4 aromatic rings. The number of rotatable bonds is 15. The fraction of sp³-hybridized carbons (Fsp3) is 0.321. The number of fused-ring (bicyclic) bond motifs is 2. The third-order valence-electron chi connectivity index (χ3n) is 6.06. The minimum Gasteiger partial charge on any atom is -0.493 e. The Morgan fingerprint density at radius 2 is 1.27 bits per heavy atom. The van der Waals surface area contributed by atoms with Crippen molar-refractivity contribution in [2.45, 2.75) is 31.6 Å². The predicted molar refractivity (Wildman–Crippen MR) is 150 cm³/mol. The zero-order chi connectivity index (χ0) is 29.7. The number of hydrogen-bond donors (Lipinski definition) is 2. The summed E-state index contributed by atoms with van der Waals surface area (Å²) in [5.41, 5.74) is 0. The number of carboxylic acid groups (broad SMARTS) is 2. The standard InChI is InChI=1S/C28H26F2O9S2/c1-36-18-9-16-12-25(28(29,30)6-5-27(34)35)41-23(16)14-21(18)39-8-7-38-20-10-15-11-24(17(31)3-4-26(32)33)40-22(15)13-19(20)37-2/h9-14H,3-8H2,1-2H3,(H,32,33)(H,34,35). The van der Waals surface area contributed by atoms with Crippen molar-refractivity contribution in [1.29, 1.82) is 0 Å². The Labute approximate surface area is 240 Å². The maximum atomic E-state index is 14.5. The van der Waals surface area contributed by atoms with Gasteiger partial charge in [-0.1, -0.05) is 0 Å². The van der Waals surface area contributed by atoms with Gasteiger partial charge in [-0.15, -0.1) is 22.7 Å². The van der Waals surface area contributed by atoms with Crippen LogP contribution >= 0.6 is 22.7 Å². The molecule has 0 aliphatic rings. The maximum absolute atomic E-state index is 14.5. The lowest BCUT2D eigenvalue weighted by Crippen LogP contribution is -2.13. The van der Waals surface area contributed by atoms with Gasteiger partial charge in [-0.05, 0) is 35.0 Å². The van der Waals surface area contributed by atoms with Crippen LogP contribution in [0.1, 0.15) is 40.2 Å². The Morgan fingerprint density at radius 3 is 1.90 bits per heavy atom. The summed E-state index contributed by atoms with van der Waals surface area (Å²) < 4.78 is 52.9. The van der Waals surface area contributed by atoms with Crippen LogP contribution in [0.4, 0.5) is 8.78 Å². The van der Waals surface area contributed by atoms with Gasteiger partial charge in [0.1, 0.15) is 13.2 Å². The van der Waals surface area contributed by atoms with E-state index in [1.54, 1.807) is 30.3 Å². The normalized spacial score (nSPS) is 11.5. The largest absolute Gasteiger partial charge is 0.493 e. The SMILES string of the molecule is COc1cc2sc(C(=O)CCC(=O)O)cc2cc1OCCOc1cc2sc(C(F)(F)CCC(=O)O)cc2cc1OC. The zero-order valence-electron chi connectivity index (χ0n) is 22.0. The second-order valence-corrected chi connectivity index (χ2v) is 11.1. The molecule has 13 heteroatoms. The first kappa shape index (κ1) is 30.0. The summed E-state index contributed by atoms with van der Waals surface area (Å²) in [4.78, 5) is 34.1. The number of thiophene rings is 2. The number of carbonyl (C=O) groups excluding carboxylic acids is 1. The van der Waals surface area contributed by atoms with Gasteiger partial charge < -0.3 is 29.2 Å². The molecule has 41 heavy (non-hydrogen) atoms. The lowest BCUT2D eigenvalue weighted by atomic mass is 10.1. The molecule has 0 atom stereocenters. The number of benzene rings is 2. The summed E-state index contributed by atoms with van der Waals surface area (Å²) in [6, 6.07) is 9.66. The molecule has 0 aliphatic heterocycles. The molecule has 0 amide bonds. The van der Waals surface area contributed by atoms with Crippen LogP contribution in [0.25, 0.3) is 20.2 Å². The van der Waals surface area contributed by atoms with Crippen LogP contribution < -0.4 is 18.9 Å². The number of carbonyl (C=O) groups is 3. The van der Waals surface area contributed by atoms with Crippen LogP contribution in [0.3, 0.4) is 0 Å². The highest BCUT2D eigenvalue weighted by atomic mass is 32.1. The van der Waals surface area contributed by atoms with E-state index in [-0.39, 0.29) is 36.7 Å². The third-order valence-corrected chi connectivity index (χ3v) is 8.41. The number of halogens is 2. The van der Waals surface area contributed by atoms with Crippen molar-refractivity contribution in [1.82, 2.24) is 0 Å². The summed E-state index contributed by atoms with van der Waals surface area (Å²) in [6.07, 6.45) is -1.77. The second kappa shape index (κ2) is 12.7. The number of Topliss-reactive ketones (excluding diaryl/α,β-unsaturated/α-hetero) is 1. The molecular weight excluding hydrogens is 582 g/mol. The van der Waals surface area contributed by atoms with Gasteiger partial charge in [0.25, 0.3) is 5.92 Å². The molecule has 2 aromatic heterocycles. The molecule has 0 bridgehead atoms. The number of carboxylic acids is 2. The quantitative estimate of drug-likeness (QED) is 0.113. The molecule has 4 rings (SSSR count). The van der Waals surface area contributed by atoms with Crippen LogP contribution in [-0.4, -0.2) is 55.4 Å². The van der Waals surface area contributed by atoms with Crippen LogP contribution in [0.2, 0.25) is 0 Å². The van der Waals surface area contributed by atoms with Crippen molar-refractivity contribution in [2.75, 3.05) is 27.4 Å². The van der Waals surface area contributed by atoms with Gasteiger partial charge in [0.15, 0.2) is 28.8 Å². The number of ketones is 1. The van der Waals surface area contributed by atoms with Gasteiger partial charge in [0.05, 0.1) is 36.8 Å². The number of aliphatic carboxylic acids is 2. The topological polar surface area (TPSA) is 129 Å². The fourth-order valence-corrected chi connectivity index (χ4v) is 6.11. The van der Waals surface area contributed by atoms with Crippen LogP contribution in [0.15, 0.2) is 36.4 Å². The molecule has 9 nitrogen and oxygen atoms in total. The summed E-state index contributed by atoms with van der Waals surface area (Å²) in [6.45, 7) is 0.180. The zero-order valence-corrected chi connectivity index (χ0v) is 23.7. The van der Waals surface area contributed by atoms with E-state index in [1.165, 1.54) is 31.6 Å². The molecular formula is C28H26F2O9S2. The van der Waals surface area contributed by atoms with Crippen LogP contribution in [-0.2, 0) is 15.5 Å². The van der Waals surface area contributed by atoms with Crippen molar-refractivity contribution < 1.29 is 52.3 Å². The van der Waals surface area contributed by atoms with E-state index in [0.29, 0.717) is 38.0 Å². The molecule has 2 N–H and O–H groups in total. The number of hydrogen-bond acceptors (Lipinski definition) is 9. The summed E-state index contributed by atoms with van der Waals surface area (Å²) in [7, 11) is 2.92. The highest BCUT2D eigenvalue weighted by Gasteiger charge is 2.34. The molecule has 0 radical (unpaired) electrons. The lowest BCUT2D eigenvalue weighted by Gasteiger charge is -2.13. The van der Waals surface area contributed by atoms with Gasteiger partial charge in [-0.3, -0.25) is 14.4 Å². The Morgan fingerprint density at radius 1 is 0.732 bits per heavy atom. The van der Waals surface area contributed by atoms with Crippen molar-refractivity contribution in [3.63, 3.8) is 0 Å². The van der Waals surface area contributed by atoms with Gasteiger partial charge >= 0.3 is 11.9 Å². The summed E-state index contributed by atoms with van der Waals surface area (Å²) >= 11 is 2.11. The maximum Gasteiger partial charge on any atom is 0.303 e. The molecule has 0 aliphatic carbocycles. The van der Waals surface area contributed by atoms with Crippen LogP contribution in [0.5, 0.6) is 23.0 Å². The monoisotopic (exact) mass is 608 g/mol. The van der Waals surface area contributed by atoms with Gasteiger partial charge in [0.2, 0.25) is 0 Å². The minimum atomic E-state index is -3.28. The number of alkyl halides is 2. The minimum absolute atomic E-state index is 0.0820. The van der Waals surface area contributed by atoms with Gasteiger partial charge in [-0.2, -0.15) is 0 Å². The lowest BCUT2D eigenvalue weighted by molar-refractivity contribution is -0.139. The molecule has 0 fully saturated rings. The van der Waals surface area contributed by atoms with Crippen molar-refractivity contribution in [3.8, 4) is 23.0 Å².